The second-order valence-corrected chi connectivity index (χ2v) is 9.57. The first-order valence-electron chi connectivity index (χ1n) is 11.5. The molecule has 0 radical (unpaired) electrons. The third-order valence-corrected chi connectivity index (χ3v) is 6.80. The van der Waals surface area contributed by atoms with Crippen LogP contribution in [0, 0.1) is 0 Å². The molecule has 0 aliphatic carbocycles. The molecular formula is C30H20Cl3NO4. The van der Waals surface area contributed by atoms with Crippen LogP contribution in [0.2, 0.25) is 15.1 Å². The zero-order valence-electron chi connectivity index (χ0n) is 20.1. The third kappa shape index (κ3) is 5.70. The first-order valence-corrected chi connectivity index (χ1v) is 12.7. The summed E-state index contributed by atoms with van der Waals surface area (Å²) in [5, 5.41) is 1.20. The number of halogens is 3. The van der Waals surface area contributed by atoms with Gasteiger partial charge in [-0.1, -0.05) is 83.3 Å². The van der Waals surface area contributed by atoms with Gasteiger partial charge in [-0.25, -0.2) is 9.79 Å². The topological polar surface area (TPSA) is 57.1 Å². The van der Waals surface area contributed by atoms with Crippen molar-refractivity contribution in [3.05, 3.63) is 122 Å². The molecule has 0 unspecified atom stereocenters. The minimum absolute atomic E-state index is 0.148. The third-order valence-electron chi connectivity index (χ3n) is 5.78. The molecule has 0 amide bonds. The number of nitrogens with zero attached hydrogens (tertiary/aromatic N) is 1. The van der Waals surface area contributed by atoms with Gasteiger partial charge in [0.2, 0.25) is 5.90 Å². The lowest BCUT2D eigenvalue weighted by Gasteiger charge is -2.14. The smallest absolute Gasteiger partial charge is 0.363 e. The van der Waals surface area contributed by atoms with E-state index in [-0.39, 0.29) is 18.2 Å². The highest BCUT2D eigenvalue weighted by molar-refractivity contribution is 6.42. The molecule has 0 N–H and O–H groups in total. The molecule has 0 bridgehead atoms. The van der Waals surface area contributed by atoms with E-state index in [1.165, 1.54) is 7.11 Å². The molecule has 1 heterocycles. The van der Waals surface area contributed by atoms with E-state index < -0.39 is 5.97 Å². The predicted octanol–water partition coefficient (Wildman–Crippen LogP) is 8.25. The highest BCUT2D eigenvalue weighted by atomic mass is 35.5. The Hall–Kier alpha value is -3.77. The van der Waals surface area contributed by atoms with Crippen molar-refractivity contribution in [3.8, 4) is 22.6 Å². The van der Waals surface area contributed by atoms with Crippen molar-refractivity contribution in [2.24, 2.45) is 4.99 Å². The van der Waals surface area contributed by atoms with Crippen molar-refractivity contribution in [2.75, 3.05) is 7.11 Å². The van der Waals surface area contributed by atoms with Gasteiger partial charge in [0, 0.05) is 5.56 Å². The number of rotatable bonds is 7. The average Bonchev–Trinajstić information content (AvgIpc) is 3.30. The Labute approximate surface area is 234 Å². The molecule has 5 nitrogen and oxygen atoms in total. The fraction of sp³-hybridized carbons (Fsp3) is 0.0667. The van der Waals surface area contributed by atoms with Crippen LogP contribution in [0.15, 0.2) is 95.6 Å². The van der Waals surface area contributed by atoms with Gasteiger partial charge < -0.3 is 14.2 Å². The second kappa shape index (κ2) is 11.3. The molecule has 0 saturated heterocycles. The lowest BCUT2D eigenvalue weighted by molar-refractivity contribution is -0.129. The quantitative estimate of drug-likeness (QED) is 0.167. The number of esters is 1. The summed E-state index contributed by atoms with van der Waals surface area (Å²) in [7, 11) is 1.51. The van der Waals surface area contributed by atoms with Gasteiger partial charge in [0.15, 0.2) is 17.2 Å². The summed E-state index contributed by atoms with van der Waals surface area (Å²) in [4.78, 5) is 17.0. The second-order valence-electron chi connectivity index (χ2n) is 8.35. The molecule has 0 fully saturated rings. The van der Waals surface area contributed by atoms with Gasteiger partial charge >= 0.3 is 5.97 Å². The van der Waals surface area contributed by atoms with Crippen LogP contribution in [0.25, 0.3) is 17.2 Å². The highest BCUT2D eigenvalue weighted by Crippen LogP contribution is 2.38. The number of cyclic esters (lactones) is 1. The van der Waals surface area contributed by atoms with Crippen molar-refractivity contribution in [1.82, 2.24) is 0 Å². The summed E-state index contributed by atoms with van der Waals surface area (Å²) in [5.74, 6) is 0.443. The normalized spacial score (nSPS) is 13.8. The zero-order chi connectivity index (χ0) is 26.6. The van der Waals surface area contributed by atoms with Gasteiger partial charge in [-0.15, -0.1) is 0 Å². The van der Waals surface area contributed by atoms with Crippen LogP contribution in [0.1, 0.15) is 16.7 Å². The summed E-state index contributed by atoms with van der Waals surface area (Å²) in [6, 6.07) is 26.3. The summed E-state index contributed by atoms with van der Waals surface area (Å²) in [6.07, 6.45) is 1.59. The maximum atomic E-state index is 12.6. The Morgan fingerprint density at radius 2 is 1.53 bits per heavy atom. The van der Waals surface area contributed by atoms with Crippen LogP contribution in [-0.4, -0.2) is 19.0 Å². The summed E-state index contributed by atoms with van der Waals surface area (Å²) in [5.41, 5.74) is 4.41. The monoisotopic (exact) mass is 563 g/mol. The van der Waals surface area contributed by atoms with Crippen molar-refractivity contribution < 1.29 is 19.0 Å². The SMILES string of the molecule is COc1cc(/C=C2\N=C(c3ccc(-c4ccccc4)cc3)OC2=O)cc(Cl)c1OCc1ccc(Cl)c(Cl)c1. The van der Waals surface area contributed by atoms with Gasteiger partial charge in [0.1, 0.15) is 6.61 Å². The first-order chi connectivity index (χ1) is 18.4. The number of carbonyl (C=O) groups excluding carboxylic acids is 1. The Kier molecular flexibility index (Phi) is 7.70. The van der Waals surface area contributed by atoms with E-state index in [1.807, 2.05) is 60.7 Å². The van der Waals surface area contributed by atoms with Gasteiger partial charge in [-0.2, -0.15) is 0 Å². The molecule has 1 aliphatic heterocycles. The Balaban J connectivity index is 1.36. The Bertz CT molecular complexity index is 1560. The summed E-state index contributed by atoms with van der Waals surface area (Å²) < 4.78 is 16.8. The number of benzene rings is 4. The van der Waals surface area contributed by atoms with E-state index in [0.717, 1.165) is 16.7 Å². The van der Waals surface area contributed by atoms with E-state index in [1.54, 1.807) is 30.3 Å². The molecule has 5 rings (SSSR count). The fourth-order valence-corrected chi connectivity index (χ4v) is 4.47. The molecule has 4 aromatic carbocycles. The van der Waals surface area contributed by atoms with Crippen LogP contribution >= 0.6 is 34.8 Å². The molecule has 8 heteroatoms. The molecule has 4 aromatic rings. The van der Waals surface area contributed by atoms with E-state index in [2.05, 4.69) is 4.99 Å². The zero-order valence-corrected chi connectivity index (χ0v) is 22.3. The minimum Gasteiger partial charge on any atom is -0.493 e. The summed E-state index contributed by atoms with van der Waals surface area (Å²) >= 11 is 18.6. The van der Waals surface area contributed by atoms with Gasteiger partial charge in [-0.05, 0) is 64.7 Å². The number of methoxy groups -OCH3 is 1. The molecule has 1 aliphatic rings. The molecule has 38 heavy (non-hydrogen) atoms. The van der Waals surface area contributed by atoms with Crippen molar-refractivity contribution in [3.63, 3.8) is 0 Å². The maximum Gasteiger partial charge on any atom is 0.363 e. The molecule has 190 valence electrons. The van der Waals surface area contributed by atoms with Crippen LogP contribution in [0.4, 0.5) is 0 Å². The van der Waals surface area contributed by atoms with Crippen LogP contribution in [-0.2, 0) is 16.1 Å². The highest BCUT2D eigenvalue weighted by Gasteiger charge is 2.24. The lowest BCUT2D eigenvalue weighted by Crippen LogP contribution is -2.05. The molecule has 0 saturated carbocycles. The molecule has 0 spiro atoms. The predicted molar refractivity (Wildman–Crippen MR) is 151 cm³/mol. The molecule has 0 atom stereocenters. The average molecular weight is 565 g/mol. The van der Waals surface area contributed by atoms with E-state index >= 15 is 0 Å². The van der Waals surface area contributed by atoms with Crippen LogP contribution < -0.4 is 9.47 Å². The number of carbonyl (C=O) groups is 1. The number of hydrogen-bond donors (Lipinski definition) is 0. The largest absolute Gasteiger partial charge is 0.493 e. The van der Waals surface area contributed by atoms with Gasteiger partial charge in [0.05, 0.1) is 22.2 Å². The first kappa shape index (κ1) is 25.9. The minimum atomic E-state index is -0.554. The molecular weight excluding hydrogens is 545 g/mol. The van der Waals surface area contributed by atoms with Crippen molar-refractivity contribution in [1.29, 1.82) is 0 Å². The van der Waals surface area contributed by atoms with Crippen molar-refractivity contribution in [2.45, 2.75) is 6.61 Å². The van der Waals surface area contributed by atoms with Gasteiger partial charge in [0.25, 0.3) is 0 Å². The molecule has 0 aromatic heterocycles. The van der Waals surface area contributed by atoms with Crippen LogP contribution in [0.5, 0.6) is 11.5 Å². The Morgan fingerprint density at radius 3 is 2.24 bits per heavy atom. The van der Waals surface area contributed by atoms with E-state index in [4.69, 9.17) is 49.0 Å². The van der Waals surface area contributed by atoms with Crippen LogP contribution in [0.3, 0.4) is 0 Å². The van der Waals surface area contributed by atoms with E-state index in [0.29, 0.717) is 37.7 Å². The number of aliphatic imine (C=N–C) groups is 1. The number of hydrogen-bond acceptors (Lipinski definition) is 5. The Morgan fingerprint density at radius 1 is 0.816 bits per heavy atom. The lowest BCUT2D eigenvalue weighted by atomic mass is 10.0. The van der Waals surface area contributed by atoms with Crippen molar-refractivity contribution >= 4 is 52.7 Å². The summed E-state index contributed by atoms with van der Waals surface area (Å²) in [6.45, 7) is 0.205. The number of ether oxygens (including phenoxy) is 3. The van der Waals surface area contributed by atoms with Gasteiger partial charge in [-0.3, -0.25) is 0 Å². The fourth-order valence-electron chi connectivity index (χ4n) is 3.87. The maximum absolute atomic E-state index is 12.6. The standard InChI is InChI=1S/C30H20Cl3NO4/c1-36-27-16-19(14-25(33)28(27)37-17-18-7-12-23(31)24(32)13-18)15-26-30(35)38-29(34-26)22-10-8-21(9-11-22)20-5-3-2-4-6-20/h2-16H,17H2,1H3/b26-15-. The van der Waals surface area contributed by atoms with E-state index in [9.17, 15) is 4.79 Å².